The van der Waals surface area contributed by atoms with Crippen LogP contribution in [0.5, 0.6) is 0 Å². The first kappa shape index (κ1) is 46.3. The fraction of sp³-hybridized carbons (Fsp3) is 0.857. The zero-order valence-corrected chi connectivity index (χ0v) is 32.2. The van der Waals surface area contributed by atoms with Gasteiger partial charge in [0.2, 0.25) is 0 Å². The molecule has 6 heteroatoms. The molecule has 0 aromatic carbocycles. The van der Waals surface area contributed by atoms with Gasteiger partial charge in [-0.05, 0) is 78.1 Å². The number of aliphatic hydroxyl groups is 1. The van der Waals surface area contributed by atoms with Crippen LogP contribution in [-0.2, 0) is 19.1 Å². The van der Waals surface area contributed by atoms with Gasteiger partial charge in [0.05, 0.1) is 6.61 Å². The molecule has 6 nitrogen and oxygen atoms in total. The summed E-state index contributed by atoms with van der Waals surface area (Å²) in [6, 6.07) is 0. The molecule has 0 radical (unpaired) electrons. The van der Waals surface area contributed by atoms with E-state index >= 15 is 0 Å². The molecule has 0 aliphatic heterocycles. The number of esters is 2. The van der Waals surface area contributed by atoms with Gasteiger partial charge in [-0.2, -0.15) is 0 Å². The van der Waals surface area contributed by atoms with Crippen LogP contribution in [0.25, 0.3) is 0 Å². The molecule has 0 heterocycles. The van der Waals surface area contributed by atoms with Crippen molar-refractivity contribution in [2.45, 2.75) is 220 Å². The molecule has 0 rings (SSSR count). The Morgan fingerprint density at radius 3 is 1.10 bits per heavy atom. The van der Waals surface area contributed by atoms with Crippen molar-refractivity contribution in [3.63, 3.8) is 0 Å². The minimum Gasteiger partial charge on any atom is -0.447 e. The first-order valence-electron chi connectivity index (χ1n) is 20.5. The molecule has 0 aliphatic carbocycles. The minimum absolute atomic E-state index is 0.105. The van der Waals surface area contributed by atoms with Crippen LogP contribution < -0.4 is 0 Å². The predicted molar refractivity (Wildman–Crippen MR) is 204 cm³/mol. The van der Waals surface area contributed by atoms with E-state index in [0.717, 1.165) is 51.4 Å². The van der Waals surface area contributed by atoms with Crippen LogP contribution in [0.15, 0.2) is 24.3 Å². The largest absolute Gasteiger partial charge is 0.447 e. The number of ether oxygens (including phenoxy) is 2. The van der Waals surface area contributed by atoms with Gasteiger partial charge in [0.15, 0.2) is 12.5 Å². The van der Waals surface area contributed by atoms with Crippen LogP contribution in [0.2, 0.25) is 0 Å². The van der Waals surface area contributed by atoms with Crippen molar-refractivity contribution in [3.05, 3.63) is 24.3 Å². The second kappa shape index (κ2) is 36.6. The van der Waals surface area contributed by atoms with Crippen LogP contribution in [0.4, 0.5) is 0 Å². The molecule has 282 valence electrons. The minimum atomic E-state index is -0.574. The lowest BCUT2D eigenvalue weighted by atomic mass is 10.1. The molecule has 0 aromatic heterocycles. The maximum absolute atomic E-state index is 12.5. The van der Waals surface area contributed by atoms with Gasteiger partial charge in [0, 0.05) is 19.4 Å². The second-order valence-electron chi connectivity index (χ2n) is 13.8. The summed E-state index contributed by atoms with van der Waals surface area (Å²) in [7, 11) is 0. The van der Waals surface area contributed by atoms with E-state index in [1.54, 1.807) is 18.7 Å². The lowest BCUT2D eigenvalue weighted by Crippen LogP contribution is -2.46. The molecule has 2 atom stereocenters. The summed E-state index contributed by atoms with van der Waals surface area (Å²) in [4.78, 5) is 26.7. The standard InChI is InChI=1S/C42H79NO5/c1-5-7-9-11-13-15-17-19-21-23-25-27-29-31-33-35-41(45)47-39(3)43(37-38-44)40(4)48-42(46)36-34-32-30-28-26-24-22-20-18-16-14-12-10-8-6-2/h19-22,39-40,44H,5-18,23-38H2,1-4H3/b21-19-,22-20-. The number of carbonyl (C=O) groups is 2. The van der Waals surface area contributed by atoms with E-state index in [0.29, 0.717) is 12.8 Å². The molecule has 48 heavy (non-hydrogen) atoms. The summed E-state index contributed by atoms with van der Waals surface area (Å²) in [5.74, 6) is -0.482. The smallest absolute Gasteiger partial charge is 0.307 e. The molecular weight excluding hydrogens is 598 g/mol. The lowest BCUT2D eigenvalue weighted by molar-refractivity contribution is -0.181. The Morgan fingerprint density at radius 1 is 0.500 bits per heavy atom. The SMILES string of the molecule is CCCCCCCC/C=C\CCCCCCCC(=O)OC(C)N(CCO)C(C)OC(=O)CCCCCCC/C=C\CCCCCCCC. The lowest BCUT2D eigenvalue weighted by Gasteiger charge is -2.32. The molecule has 0 amide bonds. The van der Waals surface area contributed by atoms with Crippen LogP contribution in [-0.4, -0.2) is 47.6 Å². The summed E-state index contributed by atoms with van der Waals surface area (Å²) >= 11 is 0. The second-order valence-corrected chi connectivity index (χ2v) is 13.8. The van der Waals surface area contributed by atoms with E-state index in [2.05, 4.69) is 38.2 Å². The maximum Gasteiger partial charge on any atom is 0.307 e. The van der Waals surface area contributed by atoms with Crippen LogP contribution in [0.3, 0.4) is 0 Å². The Bertz CT molecular complexity index is 707. The van der Waals surface area contributed by atoms with E-state index in [9.17, 15) is 14.7 Å². The number of unbranched alkanes of at least 4 members (excludes halogenated alkanes) is 22. The molecule has 0 spiro atoms. The average Bonchev–Trinajstić information content (AvgIpc) is 3.06. The maximum atomic E-state index is 12.5. The number of hydrogen-bond donors (Lipinski definition) is 1. The van der Waals surface area contributed by atoms with Gasteiger partial charge >= 0.3 is 11.9 Å². The van der Waals surface area contributed by atoms with E-state index in [1.807, 2.05) is 0 Å². The van der Waals surface area contributed by atoms with Gasteiger partial charge in [-0.25, -0.2) is 4.90 Å². The average molecular weight is 678 g/mol. The summed E-state index contributed by atoms with van der Waals surface area (Å²) in [6.07, 6.45) is 40.7. The molecular formula is C42H79NO5. The van der Waals surface area contributed by atoms with E-state index < -0.39 is 12.5 Å². The van der Waals surface area contributed by atoms with Crippen molar-refractivity contribution in [2.24, 2.45) is 0 Å². The number of carbonyl (C=O) groups excluding carboxylic acids is 2. The summed E-state index contributed by atoms with van der Waals surface area (Å²) in [6.45, 7) is 8.24. The highest BCUT2D eigenvalue weighted by molar-refractivity contribution is 5.70. The van der Waals surface area contributed by atoms with Gasteiger partial charge in [-0.1, -0.05) is 141 Å². The Labute approximate surface area is 297 Å². The van der Waals surface area contributed by atoms with Crippen molar-refractivity contribution < 1.29 is 24.2 Å². The van der Waals surface area contributed by atoms with Crippen molar-refractivity contribution in [1.29, 1.82) is 0 Å². The predicted octanol–water partition coefficient (Wildman–Crippen LogP) is 12.1. The van der Waals surface area contributed by atoms with Gasteiger partial charge < -0.3 is 14.6 Å². The molecule has 2 unspecified atom stereocenters. The van der Waals surface area contributed by atoms with Crippen LogP contribution >= 0.6 is 0 Å². The third kappa shape index (κ3) is 31.6. The first-order valence-corrected chi connectivity index (χ1v) is 20.5. The molecule has 0 aliphatic rings. The van der Waals surface area contributed by atoms with Gasteiger partial charge in [-0.3, -0.25) is 9.59 Å². The van der Waals surface area contributed by atoms with Crippen molar-refractivity contribution in [3.8, 4) is 0 Å². The van der Waals surface area contributed by atoms with E-state index in [1.165, 1.54) is 116 Å². The molecule has 0 aromatic rings. The fourth-order valence-electron chi connectivity index (χ4n) is 6.09. The quantitative estimate of drug-likeness (QED) is 0.0308. The number of allylic oxidation sites excluding steroid dienone is 4. The third-order valence-corrected chi connectivity index (χ3v) is 9.18. The van der Waals surface area contributed by atoms with Gasteiger partial charge in [0.1, 0.15) is 0 Å². The highest BCUT2D eigenvalue weighted by Crippen LogP contribution is 2.15. The zero-order chi connectivity index (χ0) is 35.3. The Morgan fingerprint density at radius 2 is 0.792 bits per heavy atom. The normalized spacial score (nSPS) is 13.1. The molecule has 0 saturated carbocycles. The van der Waals surface area contributed by atoms with Gasteiger partial charge in [-0.15, -0.1) is 0 Å². The zero-order valence-electron chi connectivity index (χ0n) is 32.2. The third-order valence-electron chi connectivity index (χ3n) is 9.18. The topological polar surface area (TPSA) is 76.1 Å². The number of hydrogen-bond acceptors (Lipinski definition) is 6. The Kier molecular flexibility index (Phi) is 35.3. The molecule has 0 fully saturated rings. The summed E-state index contributed by atoms with van der Waals surface area (Å²) in [5.41, 5.74) is 0. The number of nitrogens with zero attached hydrogens (tertiary/aromatic N) is 1. The van der Waals surface area contributed by atoms with Crippen LogP contribution in [0, 0.1) is 0 Å². The summed E-state index contributed by atoms with van der Waals surface area (Å²) in [5, 5.41) is 9.58. The molecule has 0 saturated heterocycles. The van der Waals surface area contributed by atoms with Crippen molar-refractivity contribution in [1.82, 2.24) is 4.90 Å². The highest BCUT2D eigenvalue weighted by Gasteiger charge is 2.25. The number of rotatable bonds is 36. The summed E-state index contributed by atoms with van der Waals surface area (Å²) < 4.78 is 11.3. The van der Waals surface area contributed by atoms with E-state index in [-0.39, 0.29) is 25.1 Å². The van der Waals surface area contributed by atoms with Crippen molar-refractivity contribution >= 4 is 11.9 Å². The molecule has 0 bridgehead atoms. The Balaban J connectivity index is 3.92. The molecule has 1 N–H and O–H groups in total. The number of aliphatic hydroxyl groups excluding tert-OH is 1. The van der Waals surface area contributed by atoms with Crippen molar-refractivity contribution in [2.75, 3.05) is 13.2 Å². The monoisotopic (exact) mass is 678 g/mol. The highest BCUT2D eigenvalue weighted by atomic mass is 16.6. The Hall–Kier alpha value is -1.66. The van der Waals surface area contributed by atoms with Gasteiger partial charge in [0.25, 0.3) is 0 Å². The fourth-order valence-corrected chi connectivity index (χ4v) is 6.09. The van der Waals surface area contributed by atoms with Crippen LogP contribution in [0.1, 0.15) is 207 Å². The van der Waals surface area contributed by atoms with E-state index in [4.69, 9.17) is 9.47 Å². The first-order chi connectivity index (χ1) is 23.5.